The fourth-order valence-electron chi connectivity index (χ4n) is 2.53. The molecule has 0 aromatic heterocycles. The van der Waals surface area contributed by atoms with Gasteiger partial charge in [0.05, 0.1) is 5.69 Å². The zero-order valence-electron chi connectivity index (χ0n) is 11.6. The smallest absolute Gasteiger partial charge is 0.242 e. The van der Waals surface area contributed by atoms with E-state index in [1.165, 1.54) is 6.07 Å². The maximum absolute atomic E-state index is 13.2. The van der Waals surface area contributed by atoms with Gasteiger partial charge in [-0.3, -0.25) is 0 Å². The predicted octanol–water partition coefficient (Wildman–Crippen LogP) is 1.03. The van der Waals surface area contributed by atoms with E-state index in [4.69, 9.17) is 5.73 Å². The maximum atomic E-state index is 13.2. The van der Waals surface area contributed by atoms with Crippen LogP contribution in [0, 0.1) is 11.7 Å². The first-order chi connectivity index (χ1) is 9.29. The average Bonchev–Trinajstić information content (AvgIpc) is 2.35. The third-order valence-electron chi connectivity index (χ3n) is 3.68. The predicted molar refractivity (Wildman–Crippen MR) is 76.2 cm³/mol. The molecule has 2 unspecified atom stereocenters. The lowest BCUT2D eigenvalue weighted by molar-refractivity contribution is 0.188. The van der Waals surface area contributed by atoms with Gasteiger partial charge in [0.1, 0.15) is 10.7 Å². The number of nitrogens with zero attached hydrogens (tertiary/aromatic N) is 1. The van der Waals surface area contributed by atoms with E-state index in [0.29, 0.717) is 0 Å². The Kier molecular flexibility index (Phi) is 4.31. The van der Waals surface area contributed by atoms with Crippen molar-refractivity contribution in [2.75, 3.05) is 25.9 Å². The molecule has 1 aromatic carbocycles. The van der Waals surface area contributed by atoms with Crippen LogP contribution in [0.4, 0.5) is 10.1 Å². The number of nitrogens with one attached hydrogen (secondary N) is 1. The molecule has 0 aliphatic carbocycles. The standard InChI is InChI=1S/C13H20FN3O2S/c1-9-8-17(2)6-5-12(9)16-20(18,19)13-7-10(14)3-4-11(13)15/h3-4,7,9,12,16H,5-6,8,15H2,1-2H3. The summed E-state index contributed by atoms with van der Waals surface area (Å²) in [5.74, 6) is -0.422. The molecule has 2 atom stereocenters. The molecule has 1 saturated heterocycles. The normalized spacial score (nSPS) is 24.8. The van der Waals surface area contributed by atoms with Crippen LogP contribution in [0.3, 0.4) is 0 Å². The van der Waals surface area contributed by atoms with E-state index in [0.717, 1.165) is 31.6 Å². The second-order valence-electron chi connectivity index (χ2n) is 5.44. The van der Waals surface area contributed by atoms with E-state index in [-0.39, 0.29) is 22.5 Å². The summed E-state index contributed by atoms with van der Waals surface area (Å²) >= 11 is 0. The quantitative estimate of drug-likeness (QED) is 0.818. The van der Waals surface area contributed by atoms with Crippen molar-refractivity contribution in [1.82, 2.24) is 9.62 Å². The van der Waals surface area contributed by atoms with Gasteiger partial charge in [0, 0.05) is 12.6 Å². The van der Waals surface area contributed by atoms with E-state index in [9.17, 15) is 12.8 Å². The summed E-state index contributed by atoms with van der Waals surface area (Å²) in [5.41, 5.74) is 5.70. The Hall–Kier alpha value is -1.18. The molecule has 0 radical (unpaired) electrons. The number of anilines is 1. The van der Waals surface area contributed by atoms with Crippen LogP contribution in [0.2, 0.25) is 0 Å². The van der Waals surface area contributed by atoms with Gasteiger partial charge in [-0.05, 0) is 44.1 Å². The second-order valence-corrected chi connectivity index (χ2v) is 7.12. The molecule has 1 aliphatic rings. The molecular formula is C13H20FN3O2S. The summed E-state index contributed by atoms with van der Waals surface area (Å²) in [7, 11) is -1.79. The molecule has 0 bridgehead atoms. The number of piperidine rings is 1. The van der Waals surface area contributed by atoms with Gasteiger partial charge in [-0.15, -0.1) is 0 Å². The Morgan fingerprint density at radius 1 is 1.45 bits per heavy atom. The van der Waals surface area contributed by atoms with Crippen LogP contribution in [0.5, 0.6) is 0 Å². The first kappa shape index (κ1) is 15.2. The van der Waals surface area contributed by atoms with Crippen molar-refractivity contribution in [3.63, 3.8) is 0 Å². The molecule has 3 N–H and O–H groups in total. The number of hydrogen-bond donors (Lipinski definition) is 2. The molecule has 1 fully saturated rings. The highest BCUT2D eigenvalue weighted by molar-refractivity contribution is 7.89. The summed E-state index contributed by atoms with van der Waals surface area (Å²) in [5, 5.41) is 0. The van der Waals surface area contributed by atoms with Gasteiger partial charge < -0.3 is 10.6 Å². The fraction of sp³-hybridized carbons (Fsp3) is 0.538. The number of rotatable bonds is 3. The van der Waals surface area contributed by atoms with Crippen LogP contribution in [-0.4, -0.2) is 39.5 Å². The van der Waals surface area contributed by atoms with Crippen molar-refractivity contribution in [3.05, 3.63) is 24.0 Å². The Balaban J connectivity index is 2.21. The Morgan fingerprint density at radius 2 is 2.15 bits per heavy atom. The van der Waals surface area contributed by atoms with E-state index < -0.39 is 15.8 Å². The van der Waals surface area contributed by atoms with E-state index in [1.807, 2.05) is 14.0 Å². The molecule has 2 rings (SSSR count). The van der Waals surface area contributed by atoms with Gasteiger partial charge in [-0.2, -0.15) is 0 Å². The van der Waals surface area contributed by atoms with Gasteiger partial charge in [0.15, 0.2) is 0 Å². The number of nitrogens with two attached hydrogens (primary N) is 1. The monoisotopic (exact) mass is 301 g/mol. The Labute approximate surface area is 119 Å². The molecule has 20 heavy (non-hydrogen) atoms. The van der Waals surface area contributed by atoms with Crippen LogP contribution >= 0.6 is 0 Å². The highest BCUT2D eigenvalue weighted by Gasteiger charge is 2.29. The summed E-state index contributed by atoms with van der Waals surface area (Å²) in [6.07, 6.45) is 0.728. The highest BCUT2D eigenvalue weighted by Crippen LogP contribution is 2.22. The average molecular weight is 301 g/mol. The third-order valence-corrected chi connectivity index (χ3v) is 5.23. The lowest BCUT2D eigenvalue weighted by Gasteiger charge is -2.35. The minimum atomic E-state index is -3.80. The van der Waals surface area contributed by atoms with Crippen molar-refractivity contribution < 1.29 is 12.8 Å². The van der Waals surface area contributed by atoms with Gasteiger partial charge >= 0.3 is 0 Å². The van der Waals surface area contributed by atoms with Crippen molar-refractivity contribution >= 4 is 15.7 Å². The fourth-order valence-corrected chi connectivity index (χ4v) is 4.05. The molecule has 112 valence electrons. The number of benzene rings is 1. The molecule has 5 nitrogen and oxygen atoms in total. The minimum absolute atomic E-state index is 0.0551. The van der Waals surface area contributed by atoms with Crippen LogP contribution in [-0.2, 0) is 10.0 Å². The number of nitrogen functional groups attached to an aromatic ring is 1. The van der Waals surface area contributed by atoms with Crippen molar-refractivity contribution in [3.8, 4) is 0 Å². The van der Waals surface area contributed by atoms with Gasteiger partial charge in [0.2, 0.25) is 10.0 Å². The second kappa shape index (κ2) is 5.67. The molecule has 0 saturated carbocycles. The molecule has 1 heterocycles. The summed E-state index contributed by atoms with van der Waals surface area (Å²) in [6.45, 7) is 3.65. The molecule has 0 spiro atoms. The lowest BCUT2D eigenvalue weighted by atomic mass is 9.95. The first-order valence-corrected chi connectivity index (χ1v) is 8.04. The largest absolute Gasteiger partial charge is 0.398 e. The first-order valence-electron chi connectivity index (χ1n) is 6.55. The van der Waals surface area contributed by atoms with Crippen LogP contribution < -0.4 is 10.5 Å². The third kappa shape index (κ3) is 3.28. The maximum Gasteiger partial charge on any atom is 0.242 e. The van der Waals surface area contributed by atoms with Gasteiger partial charge in [-0.25, -0.2) is 17.5 Å². The van der Waals surface area contributed by atoms with Crippen molar-refractivity contribution in [2.24, 2.45) is 5.92 Å². The molecule has 1 aliphatic heterocycles. The number of halogens is 1. The number of likely N-dealkylation sites (tertiary alicyclic amines) is 1. The number of hydrogen-bond acceptors (Lipinski definition) is 4. The zero-order valence-corrected chi connectivity index (χ0v) is 12.5. The van der Waals surface area contributed by atoms with Crippen LogP contribution in [0.15, 0.2) is 23.1 Å². The SMILES string of the molecule is CC1CN(C)CCC1NS(=O)(=O)c1cc(F)ccc1N. The van der Waals surface area contributed by atoms with Crippen molar-refractivity contribution in [2.45, 2.75) is 24.3 Å². The summed E-state index contributed by atoms with van der Waals surface area (Å²) < 4.78 is 40.5. The van der Waals surface area contributed by atoms with E-state index >= 15 is 0 Å². The summed E-state index contributed by atoms with van der Waals surface area (Å²) in [6, 6.07) is 3.21. The van der Waals surface area contributed by atoms with Crippen LogP contribution in [0.1, 0.15) is 13.3 Å². The van der Waals surface area contributed by atoms with E-state index in [2.05, 4.69) is 9.62 Å². The highest BCUT2D eigenvalue weighted by atomic mass is 32.2. The molecular weight excluding hydrogens is 281 g/mol. The number of sulfonamides is 1. The topological polar surface area (TPSA) is 75.4 Å². The van der Waals surface area contributed by atoms with Crippen LogP contribution in [0.25, 0.3) is 0 Å². The zero-order chi connectivity index (χ0) is 14.9. The Bertz CT molecular complexity index is 591. The Morgan fingerprint density at radius 3 is 2.80 bits per heavy atom. The summed E-state index contributed by atoms with van der Waals surface area (Å²) in [4.78, 5) is 1.97. The lowest BCUT2D eigenvalue weighted by Crippen LogP contribution is -2.48. The van der Waals surface area contributed by atoms with Gasteiger partial charge in [0.25, 0.3) is 0 Å². The van der Waals surface area contributed by atoms with E-state index in [1.54, 1.807) is 0 Å². The molecule has 0 amide bonds. The molecule has 1 aromatic rings. The van der Waals surface area contributed by atoms with Gasteiger partial charge in [-0.1, -0.05) is 6.92 Å². The molecule has 7 heteroatoms. The van der Waals surface area contributed by atoms with Crippen molar-refractivity contribution in [1.29, 1.82) is 0 Å². The minimum Gasteiger partial charge on any atom is -0.398 e.